The van der Waals surface area contributed by atoms with Gasteiger partial charge in [-0.3, -0.25) is 0 Å². The molecular weight excluding hydrogens is 188 g/mol. The van der Waals surface area contributed by atoms with Gasteiger partial charge in [0.15, 0.2) is 0 Å². The van der Waals surface area contributed by atoms with Crippen LogP contribution >= 0.6 is 0 Å². The number of nitrogens with zero attached hydrogens (tertiary/aromatic N) is 3. The fraction of sp³-hybridized carbons (Fsp3) is 0.727. The summed E-state index contributed by atoms with van der Waals surface area (Å²) in [5.41, 5.74) is 2.66. The van der Waals surface area contributed by atoms with Gasteiger partial charge in [0.05, 0.1) is 5.69 Å². The van der Waals surface area contributed by atoms with E-state index in [4.69, 9.17) is 4.98 Å². The van der Waals surface area contributed by atoms with Crippen molar-refractivity contribution in [2.24, 2.45) is 0 Å². The molecule has 0 amide bonds. The van der Waals surface area contributed by atoms with Crippen molar-refractivity contribution >= 4 is 5.95 Å². The number of rotatable bonds is 3. The summed E-state index contributed by atoms with van der Waals surface area (Å²) in [6, 6.07) is 0. The molecule has 1 aromatic heterocycles. The molecule has 84 valence electrons. The van der Waals surface area contributed by atoms with Crippen molar-refractivity contribution in [1.29, 1.82) is 0 Å². The zero-order valence-electron chi connectivity index (χ0n) is 9.88. The van der Waals surface area contributed by atoms with Crippen LogP contribution in [0.3, 0.4) is 0 Å². The maximum Gasteiger partial charge on any atom is 0.205 e. The molecule has 0 atom stereocenters. The van der Waals surface area contributed by atoms with E-state index in [0.717, 1.165) is 38.4 Å². The Balaban J connectivity index is 2.41. The lowest BCUT2D eigenvalue weighted by Crippen LogP contribution is -2.25. The fourth-order valence-electron chi connectivity index (χ4n) is 2.16. The van der Waals surface area contributed by atoms with E-state index < -0.39 is 0 Å². The quantitative estimate of drug-likeness (QED) is 0.804. The van der Waals surface area contributed by atoms with Crippen molar-refractivity contribution in [1.82, 2.24) is 14.9 Å². The van der Waals surface area contributed by atoms with Gasteiger partial charge in [-0.25, -0.2) is 4.98 Å². The Kier molecular flexibility index (Phi) is 2.95. The first kappa shape index (κ1) is 10.5. The molecule has 0 bridgehead atoms. The lowest BCUT2D eigenvalue weighted by Gasteiger charge is -2.17. The third-order valence-electron chi connectivity index (χ3n) is 2.81. The summed E-state index contributed by atoms with van der Waals surface area (Å²) in [4.78, 5) is 6.80. The number of nitrogens with one attached hydrogen (secondary N) is 1. The number of fused-ring (bicyclic) bond motifs is 1. The molecule has 0 unspecified atom stereocenters. The van der Waals surface area contributed by atoms with Crippen molar-refractivity contribution in [3.05, 3.63) is 11.4 Å². The molecule has 1 aliphatic heterocycles. The highest BCUT2D eigenvalue weighted by Crippen LogP contribution is 2.21. The van der Waals surface area contributed by atoms with Crippen LogP contribution in [0.25, 0.3) is 0 Å². The van der Waals surface area contributed by atoms with E-state index in [1.807, 2.05) is 0 Å². The van der Waals surface area contributed by atoms with E-state index >= 15 is 0 Å². The van der Waals surface area contributed by atoms with Gasteiger partial charge in [-0.2, -0.15) is 0 Å². The third-order valence-corrected chi connectivity index (χ3v) is 2.81. The van der Waals surface area contributed by atoms with Crippen LogP contribution in [-0.4, -0.2) is 30.2 Å². The van der Waals surface area contributed by atoms with E-state index in [1.165, 1.54) is 11.4 Å². The molecule has 0 radical (unpaired) electrons. The minimum atomic E-state index is 0.923. The minimum absolute atomic E-state index is 0.923. The van der Waals surface area contributed by atoms with E-state index in [0.29, 0.717) is 0 Å². The molecule has 15 heavy (non-hydrogen) atoms. The van der Waals surface area contributed by atoms with Crippen LogP contribution in [0.2, 0.25) is 0 Å². The van der Waals surface area contributed by atoms with Crippen molar-refractivity contribution in [3.63, 3.8) is 0 Å². The van der Waals surface area contributed by atoms with Gasteiger partial charge in [0.25, 0.3) is 0 Å². The molecule has 0 aromatic carbocycles. The number of aromatic nitrogens is 2. The van der Waals surface area contributed by atoms with E-state index in [9.17, 15) is 0 Å². The van der Waals surface area contributed by atoms with Crippen molar-refractivity contribution in [2.75, 3.05) is 25.5 Å². The van der Waals surface area contributed by atoms with Gasteiger partial charge in [0, 0.05) is 45.8 Å². The molecule has 1 N–H and O–H groups in total. The Hall–Kier alpha value is -1.03. The zero-order valence-corrected chi connectivity index (χ0v) is 9.88. The molecule has 0 aliphatic carbocycles. The summed E-state index contributed by atoms with van der Waals surface area (Å²) in [6.45, 7) is 5.30. The highest BCUT2D eigenvalue weighted by molar-refractivity contribution is 5.36. The highest BCUT2D eigenvalue weighted by atomic mass is 15.3. The van der Waals surface area contributed by atoms with Crippen molar-refractivity contribution < 1.29 is 0 Å². The number of hydrogen-bond acceptors (Lipinski definition) is 3. The molecule has 0 saturated heterocycles. The smallest absolute Gasteiger partial charge is 0.205 e. The standard InChI is InChI=1S/C11H20N4/c1-4-7-15-10-5-6-12-8-9(10)13-11(15)14(2)3/h12H,4-8H2,1-3H3. The monoisotopic (exact) mass is 208 g/mol. The van der Waals surface area contributed by atoms with Crippen LogP contribution in [0.15, 0.2) is 0 Å². The average Bonchev–Trinajstić information content (AvgIpc) is 2.58. The first-order valence-corrected chi connectivity index (χ1v) is 5.70. The van der Waals surface area contributed by atoms with Crippen LogP contribution in [-0.2, 0) is 19.5 Å². The fourth-order valence-corrected chi connectivity index (χ4v) is 2.16. The molecule has 1 aromatic rings. The lowest BCUT2D eigenvalue weighted by atomic mass is 10.2. The molecule has 0 saturated carbocycles. The van der Waals surface area contributed by atoms with Gasteiger partial charge < -0.3 is 14.8 Å². The summed E-state index contributed by atoms with van der Waals surface area (Å²) < 4.78 is 2.37. The van der Waals surface area contributed by atoms with E-state index in [2.05, 4.69) is 35.8 Å². The molecule has 0 fully saturated rings. The van der Waals surface area contributed by atoms with Gasteiger partial charge >= 0.3 is 0 Å². The Morgan fingerprint density at radius 3 is 2.93 bits per heavy atom. The van der Waals surface area contributed by atoms with E-state index in [1.54, 1.807) is 0 Å². The van der Waals surface area contributed by atoms with Crippen molar-refractivity contribution in [3.8, 4) is 0 Å². The second-order valence-corrected chi connectivity index (χ2v) is 4.28. The summed E-state index contributed by atoms with van der Waals surface area (Å²) in [7, 11) is 4.13. The second kappa shape index (κ2) is 4.23. The largest absolute Gasteiger partial charge is 0.348 e. The molecule has 4 nitrogen and oxygen atoms in total. The van der Waals surface area contributed by atoms with Crippen LogP contribution in [0.1, 0.15) is 24.7 Å². The third kappa shape index (κ3) is 1.86. The second-order valence-electron chi connectivity index (χ2n) is 4.28. The summed E-state index contributed by atoms with van der Waals surface area (Å²) in [5, 5.41) is 3.37. The minimum Gasteiger partial charge on any atom is -0.348 e. The van der Waals surface area contributed by atoms with E-state index in [-0.39, 0.29) is 0 Å². The molecule has 2 rings (SSSR count). The predicted octanol–water partition coefficient (Wildman–Crippen LogP) is 1.00. The van der Waals surface area contributed by atoms with Gasteiger partial charge in [-0.1, -0.05) is 6.92 Å². The maximum atomic E-state index is 4.70. The SMILES string of the molecule is CCCn1c(N(C)C)nc2c1CCNC2. The highest BCUT2D eigenvalue weighted by Gasteiger charge is 2.19. The Labute approximate surface area is 91.3 Å². The number of hydrogen-bond donors (Lipinski definition) is 1. The summed E-state index contributed by atoms with van der Waals surface area (Å²) in [5.74, 6) is 1.10. The van der Waals surface area contributed by atoms with Crippen molar-refractivity contribution in [2.45, 2.75) is 32.9 Å². The lowest BCUT2D eigenvalue weighted by molar-refractivity contribution is 0.581. The maximum absolute atomic E-state index is 4.70. The summed E-state index contributed by atoms with van der Waals surface area (Å²) in [6.07, 6.45) is 2.27. The predicted molar refractivity (Wildman–Crippen MR) is 62.3 cm³/mol. The Morgan fingerprint density at radius 1 is 1.47 bits per heavy atom. The number of anilines is 1. The first-order valence-electron chi connectivity index (χ1n) is 5.70. The average molecular weight is 208 g/mol. The Bertz CT molecular complexity index is 341. The van der Waals surface area contributed by atoms with Gasteiger partial charge in [0.2, 0.25) is 5.95 Å². The van der Waals surface area contributed by atoms with Crippen LogP contribution in [0.4, 0.5) is 5.95 Å². The van der Waals surface area contributed by atoms with Crippen LogP contribution in [0, 0.1) is 0 Å². The number of imidazole rings is 1. The summed E-state index contributed by atoms with van der Waals surface area (Å²) >= 11 is 0. The van der Waals surface area contributed by atoms with Gasteiger partial charge in [-0.15, -0.1) is 0 Å². The molecule has 1 aliphatic rings. The molecule has 4 heteroatoms. The Morgan fingerprint density at radius 2 is 2.27 bits per heavy atom. The topological polar surface area (TPSA) is 33.1 Å². The van der Waals surface area contributed by atoms with Gasteiger partial charge in [0.1, 0.15) is 0 Å². The first-order chi connectivity index (χ1) is 7.24. The normalized spacial score (nSPS) is 15.1. The molecular formula is C11H20N4. The van der Waals surface area contributed by atoms with Crippen LogP contribution < -0.4 is 10.2 Å². The molecule has 2 heterocycles. The zero-order chi connectivity index (χ0) is 10.8. The van der Waals surface area contributed by atoms with Crippen LogP contribution in [0.5, 0.6) is 0 Å². The molecule has 0 spiro atoms. The van der Waals surface area contributed by atoms with Gasteiger partial charge in [-0.05, 0) is 6.42 Å².